The van der Waals surface area contributed by atoms with Crippen molar-refractivity contribution in [2.45, 2.75) is 39.7 Å². The number of carboxylic acid groups (broad SMARTS) is 1. The van der Waals surface area contributed by atoms with Gasteiger partial charge in [0.1, 0.15) is 16.4 Å². The highest BCUT2D eigenvalue weighted by Gasteiger charge is 2.18. The number of furan rings is 1. The molecule has 0 bridgehead atoms. The Kier molecular flexibility index (Phi) is 5.55. The van der Waals surface area contributed by atoms with Gasteiger partial charge in [-0.15, -0.1) is 11.3 Å². The van der Waals surface area contributed by atoms with E-state index in [9.17, 15) is 9.59 Å². The average Bonchev–Trinajstić information content (AvgIpc) is 3.38. The van der Waals surface area contributed by atoms with Crippen molar-refractivity contribution in [3.63, 3.8) is 0 Å². The number of nitrogens with zero attached hydrogens (tertiary/aromatic N) is 2. The summed E-state index contributed by atoms with van der Waals surface area (Å²) in [5, 5.41) is 11.7. The SMILES string of the molecule is CCCc1nc2scc(-c3ccc(CC)cc3)c2c(=O)n1Cc1ccc(C(=O)O)o1. The summed E-state index contributed by atoms with van der Waals surface area (Å²) in [5.74, 6) is -0.182. The standard InChI is InChI=1S/C23H22N2O4S/c1-3-5-19-24-21-20(17(13-30-21)15-8-6-14(4-2)7-9-15)22(26)25(19)12-16-10-11-18(29-16)23(27)28/h6-11,13H,3-5,12H2,1-2H3,(H,27,28). The predicted octanol–water partition coefficient (Wildman–Crippen LogP) is 4.98. The molecular weight excluding hydrogens is 400 g/mol. The smallest absolute Gasteiger partial charge is 0.371 e. The Morgan fingerprint density at radius 3 is 2.57 bits per heavy atom. The number of fused-ring (bicyclic) bond motifs is 1. The number of hydrogen-bond donors (Lipinski definition) is 1. The van der Waals surface area contributed by atoms with E-state index in [0.29, 0.717) is 23.4 Å². The van der Waals surface area contributed by atoms with Gasteiger partial charge in [0.25, 0.3) is 5.56 Å². The molecular formula is C23H22N2O4S. The minimum Gasteiger partial charge on any atom is -0.475 e. The molecule has 0 unspecified atom stereocenters. The van der Waals surface area contributed by atoms with Gasteiger partial charge in [0.15, 0.2) is 0 Å². The first-order chi connectivity index (χ1) is 14.5. The van der Waals surface area contributed by atoms with E-state index in [1.165, 1.54) is 23.0 Å². The second-order valence-electron chi connectivity index (χ2n) is 7.12. The quantitative estimate of drug-likeness (QED) is 0.454. The first-order valence-electron chi connectivity index (χ1n) is 9.94. The Hall–Kier alpha value is -3.19. The van der Waals surface area contributed by atoms with Gasteiger partial charge in [0.2, 0.25) is 5.76 Å². The molecule has 0 radical (unpaired) electrons. The van der Waals surface area contributed by atoms with Crippen LogP contribution in [0, 0.1) is 0 Å². The maximum Gasteiger partial charge on any atom is 0.371 e. The third kappa shape index (κ3) is 3.68. The van der Waals surface area contributed by atoms with E-state index in [1.807, 2.05) is 24.4 Å². The van der Waals surface area contributed by atoms with Crippen LogP contribution in [0.1, 0.15) is 48.0 Å². The highest BCUT2D eigenvalue weighted by atomic mass is 32.1. The van der Waals surface area contributed by atoms with E-state index < -0.39 is 5.97 Å². The molecule has 3 aromatic heterocycles. The second-order valence-corrected chi connectivity index (χ2v) is 7.98. The molecule has 1 N–H and O–H groups in total. The first kappa shape index (κ1) is 20.1. The molecule has 4 aromatic rings. The zero-order chi connectivity index (χ0) is 21.3. The summed E-state index contributed by atoms with van der Waals surface area (Å²) in [4.78, 5) is 30.1. The minimum absolute atomic E-state index is 0.132. The van der Waals surface area contributed by atoms with Crippen molar-refractivity contribution in [2.75, 3.05) is 0 Å². The van der Waals surface area contributed by atoms with Gasteiger partial charge in [0.05, 0.1) is 11.9 Å². The number of hydrogen-bond acceptors (Lipinski definition) is 5. The lowest BCUT2D eigenvalue weighted by Crippen LogP contribution is -2.25. The summed E-state index contributed by atoms with van der Waals surface area (Å²) < 4.78 is 6.99. The number of thiophene rings is 1. The number of aromatic carboxylic acids is 1. The first-order valence-corrected chi connectivity index (χ1v) is 10.8. The second kappa shape index (κ2) is 8.28. The van der Waals surface area contributed by atoms with Crippen LogP contribution in [0.4, 0.5) is 0 Å². The predicted molar refractivity (Wildman–Crippen MR) is 117 cm³/mol. The fraction of sp³-hybridized carbons (Fsp3) is 0.261. The van der Waals surface area contributed by atoms with E-state index in [-0.39, 0.29) is 17.9 Å². The zero-order valence-corrected chi connectivity index (χ0v) is 17.7. The van der Waals surface area contributed by atoms with Gasteiger partial charge < -0.3 is 9.52 Å². The topological polar surface area (TPSA) is 85.3 Å². The molecule has 0 aliphatic carbocycles. The van der Waals surface area contributed by atoms with Gasteiger partial charge in [-0.25, -0.2) is 9.78 Å². The highest BCUT2D eigenvalue weighted by molar-refractivity contribution is 7.17. The van der Waals surface area contributed by atoms with Gasteiger partial charge in [-0.3, -0.25) is 9.36 Å². The number of carboxylic acids is 1. The third-order valence-electron chi connectivity index (χ3n) is 5.11. The molecule has 0 amide bonds. The number of aromatic nitrogens is 2. The summed E-state index contributed by atoms with van der Waals surface area (Å²) in [6.45, 7) is 4.29. The van der Waals surface area contributed by atoms with Crippen molar-refractivity contribution in [3.8, 4) is 11.1 Å². The van der Waals surface area contributed by atoms with Crippen molar-refractivity contribution in [1.82, 2.24) is 9.55 Å². The van der Waals surface area contributed by atoms with Gasteiger partial charge in [-0.1, -0.05) is 38.1 Å². The van der Waals surface area contributed by atoms with Crippen molar-refractivity contribution in [2.24, 2.45) is 0 Å². The van der Waals surface area contributed by atoms with E-state index in [1.54, 1.807) is 10.6 Å². The highest BCUT2D eigenvalue weighted by Crippen LogP contribution is 2.31. The van der Waals surface area contributed by atoms with Gasteiger partial charge in [-0.05, 0) is 36.1 Å². The van der Waals surface area contributed by atoms with E-state index in [2.05, 4.69) is 19.1 Å². The summed E-state index contributed by atoms with van der Waals surface area (Å²) in [7, 11) is 0. The molecule has 0 saturated carbocycles. The lowest BCUT2D eigenvalue weighted by Gasteiger charge is -2.11. The van der Waals surface area contributed by atoms with Crippen molar-refractivity contribution in [3.05, 3.63) is 75.0 Å². The van der Waals surface area contributed by atoms with Crippen LogP contribution in [-0.2, 0) is 19.4 Å². The molecule has 3 heterocycles. The summed E-state index contributed by atoms with van der Waals surface area (Å²) in [6, 6.07) is 11.2. The largest absolute Gasteiger partial charge is 0.475 e. The van der Waals surface area contributed by atoms with Crippen LogP contribution in [0.3, 0.4) is 0 Å². The van der Waals surface area contributed by atoms with E-state index in [0.717, 1.165) is 28.8 Å². The normalized spacial score (nSPS) is 11.3. The lowest BCUT2D eigenvalue weighted by molar-refractivity contribution is 0.0660. The number of benzene rings is 1. The molecule has 0 saturated heterocycles. The Morgan fingerprint density at radius 2 is 1.93 bits per heavy atom. The summed E-state index contributed by atoms with van der Waals surface area (Å²) in [6.07, 6.45) is 2.45. The van der Waals surface area contributed by atoms with Gasteiger partial charge in [-0.2, -0.15) is 0 Å². The van der Waals surface area contributed by atoms with Crippen molar-refractivity contribution in [1.29, 1.82) is 0 Å². The zero-order valence-electron chi connectivity index (χ0n) is 16.8. The van der Waals surface area contributed by atoms with Gasteiger partial charge >= 0.3 is 5.97 Å². The van der Waals surface area contributed by atoms with Crippen LogP contribution < -0.4 is 5.56 Å². The molecule has 30 heavy (non-hydrogen) atoms. The maximum atomic E-state index is 13.5. The Balaban J connectivity index is 1.84. The minimum atomic E-state index is -1.13. The summed E-state index contributed by atoms with van der Waals surface area (Å²) in [5.41, 5.74) is 2.97. The average molecular weight is 423 g/mol. The molecule has 0 atom stereocenters. The monoisotopic (exact) mass is 422 g/mol. The summed E-state index contributed by atoms with van der Waals surface area (Å²) >= 11 is 1.47. The Morgan fingerprint density at radius 1 is 1.17 bits per heavy atom. The lowest BCUT2D eigenvalue weighted by atomic mass is 10.0. The van der Waals surface area contributed by atoms with Crippen LogP contribution in [0.25, 0.3) is 21.3 Å². The third-order valence-corrected chi connectivity index (χ3v) is 5.98. The number of carbonyl (C=O) groups is 1. The fourth-order valence-electron chi connectivity index (χ4n) is 3.51. The molecule has 0 spiro atoms. The van der Waals surface area contributed by atoms with E-state index in [4.69, 9.17) is 14.5 Å². The van der Waals surface area contributed by atoms with Crippen LogP contribution in [-0.4, -0.2) is 20.6 Å². The number of rotatable bonds is 7. The molecule has 4 rings (SSSR count). The van der Waals surface area contributed by atoms with Crippen LogP contribution in [0.2, 0.25) is 0 Å². The molecule has 1 aromatic carbocycles. The molecule has 154 valence electrons. The van der Waals surface area contributed by atoms with Crippen molar-refractivity contribution >= 4 is 27.5 Å². The van der Waals surface area contributed by atoms with Crippen LogP contribution in [0.5, 0.6) is 0 Å². The molecule has 0 fully saturated rings. The van der Waals surface area contributed by atoms with Crippen LogP contribution >= 0.6 is 11.3 Å². The molecule has 0 aliphatic rings. The molecule has 6 nitrogen and oxygen atoms in total. The van der Waals surface area contributed by atoms with Crippen molar-refractivity contribution < 1.29 is 14.3 Å². The number of aryl methyl sites for hydroxylation is 2. The Labute approximate surface area is 177 Å². The van der Waals surface area contributed by atoms with E-state index >= 15 is 0 Å². The molecule has 0 aliphatic heterocycles. The van der Waals surface area contributed by atoms with Crippen LogP contribution in [0.15, 0.2) is 51.0 Å². The molecule has 7 heteroatoms. The fourth-order valence-corrected chi connectivity index (χ4v) is 4.47. The van der Waals surface area contributed by atoms with Gasteiger partial charge in [0, 0.05) is 17.4 Å². The Bertz CT molecular complexity index is 1260. The maximum absolute atomic E-state index is 13.5.